The maximum absolute atomic E-state index is 4.20. The number of halogens is 1. The predicted molar refractivity (Wildman–Crippen MR) is 68.9 cm³/mol. The third-order valence-corrected chi connectivity index (χ3v) is 2.85. The molecular formula is C11H16BrNS. The zero-order valence-corrected chi connectivity index (χ0v) is 10.9. The Balaban J connectivity index is 2.43. The van der Waals surface area contributed by atoms with Gasteiger partial charge >= 0.3 is 0 Å². The van der Waals surface area contributed by atoms with E-state index in [1.165, 1.54) is 5.56 Å². The molecule has 0 aliphatic rings. The normalized spacial score (nSPS) is 10.9. The lowest BCUT2D eigenvalue weighted by Crippen LogP contribution is -2.19. The molecule has 0 amide bonds. The van der Waals surface area contributed by atoms with Crippen LogP contribution in [0, 0.1) is 0 Å². The molecule has 0 N–H and O–H groups in total. The minimum Gasteiger partial charge on any atom is -0.302 e. The van der Waals surface area contributed by atoms with Gasteiger partial charge in [0.15, 0.2) is 0 Å². The minimum atomic E-state index is 0.961. The van der Waals surface area contributed by atoms with Gasteiger partial charge in [0, 0.05) is 11.0 Å². The van der Waals surface area contributed by atoms with Crippen molar-refractivity contribution in [1.29, 1.82) is 0 Å². The van der Waals surface area contributed by atoms with Gasteiger partial charge in [-0.25, -0.2) is 0 Å². The zero-order valence-electron chi connectivity index (χ0n) is 8.41. The van der Waals surface area contributed by atoms with E-state index < -0.39 is 0 Å². The van der Waals surface area contributed by atoms with Crippen LogP contribution in [-0.2, 0) is 6.54 Å². The molecule has 3 heteroatoms. The number of nitrogens with zero attached hydrogens (tertiary/aromatic N) is 1. The van der Waals surface area contributed by atoms with E-state index in [1.54, 1.807) is 0 Å². The highest BCUT2D eigenvalue weighted by Gasteiger charge is 1.99. The van der Waals surface area contributed by atoms with E-state index in [-0.39, 0.29) is 0 Å². The zero-order chi connectivity index (χ0) is 10.4. The van der Waals surface area contributed by atoms with Crippen molar-refractivity contribution in [3.8, 4) is 0 Å². The lowest BCUT2D eigenvalue weighted by molar-refractivity contribution is 0.328. The van der Waals surface area contributed by atoms with Crippen molar-refractivity contribution in [3.05, 3.63) is 34.3 Å². The van der Waals surface area contributed by atoms with Gasteiger partial charge < -0.3 is 4.90 Å². The standard InChI is InChI=1S/C11H16BrNS/c1-13(6-3-7-14)9-10-4-2-5-11(12)8-10/h2,4-5,8,14H,3,6-7,9H2,1H3. The van der Waals surface area contributed by atoms with Crippen molar-refractivity contribution in [3.63, 3.8) is 0 Å². The Morgan fingerprint density at radius 1 is 1.43 bits per heavy atom. The van der Waals surface area contributed by atoms with E-state index in [1.807, 2.05) is 0 Å². The first-order valence-corrected chi connectivity index (χ1v) is 6.19. The molecule has 0 spiro atoms. The summed E-state index contributed by atoms with van der Waals surface area (Å²) in [5.74, 6) is 0.961. The van der Waals surface area contributed by atoms with Crippen LogP contribution in [0.3, 0.4) is 0 Å². The van der Waals surface area contributed by atoms with Crippen LogP contribution in [0.4, 0.5) is 0 Å². The predicted octanol–water partition coefficient (Wildman–Crippen LogP) is 3.20. The smallest absolute Gasteiger partial charge is 0.0231 e. The van der Waals surface area contributed by atoms with E-state index in [0.717, 1.165) is 29.7 Å². The first kappa shape index (κ1) is 12.1. The Labute approximate surface area is 100 Å². The molecule has 0 aliphatic carbocycles. The van der Waals surface area contributed by atoms with Crippen LogP contribution >= 0.6 is 28.6 Å². The lowest BCUT2D eigenvalue weighted by atomic mass is 10.2. The van der Waals surface area contributed by atoms with Gasteiger partial charge in [-0.3, -0.25) is 0 Å². The van der Waals surface area contributed by atoms with Crippen molar-refractivity contribution in [1.82, 2.24) is 4.90 Å². The summed E-state index contributed by atoms with van der Waals surface area (Å²) in [5.41, 5.74) is 1.35. The van der Waals surface area contributed by atoms with Crippen LogP contribution in [0.2, 0.25) is 0 Å². The van der Waals surface area contributed by atoms with Crippen molar-refractivity contribution < 1.29 is 0 Å². The highest BCUT2D eigenvalue weighted by molar-refractivity contribution is 9.10. The fourth-order valence-corrected chi connectivity index (χ4v) is 1.95. The fourth-order valence-electron chi connectivity index (χ4n) is 1.37. The SMILES string of the molecule is CN(CCCS)Cc1cccc(Br)c1. The van der Waals surface area contributed by atoms with Crippen molar-refractivity contribution in [2.75, 3.05) is 19.3 Å². The Kier molecular flexibility index (Phi) is 5.60. The second kappa shape index (κ2) is 6.49. The second-order valence-electron chi connectivity index (χ2n) is 3.44. The Morgan fingerprint density at radius 3 is 2.86 bits per heavy atom. The molecule has 0 atom stereocenters. The first-order chi connectivity index (χ1) is 6.72. The number of rotatable bonds is 5. The molecule has 1 aromatic carbocycles. The van der Waals surface area contributed by atoms with E-state index >= 15 is 0 Å². The summed E-state index contributed by atoms with van der Waals surface area (Å²) in [4.78, 5) is 2.32. The summed E-state index contributed by atoms with van der Waals surface area (Å²) in [5, 5.41) is 0. The van der Waals surface area contributed by atoms with E-state index in [9.17, 15) is 0 Å². The molecule has 14 heavy (non-hydrogen) atoms. The fraction of sp³-hybridized carbons (Fsp3) is 0.455. The van der Waals surface area contributed by atoms with Crippen LogP contribution < -0.4 is 0 Å². The van der Waals surface area contributed by atoms with Gasteiger partial charge in [0.05, 0.1) is 0 Å². The molecule has 0 bridgehead atoms. The number of hydrogen-bond donors (Lipinski definition) is 1. The summed E-state index contributed by atoms with van der Waals surface area (Å²) in [7, 11) is 2.14. The van der Waals surface area contributed by atoms with Gasteiger partial charge in [-0.2, -0.15) is 12.6 Å². The van der Waals surface area contributed by atoms with Gasteiger partial charge in [0.25, 0.3) is 0 Å². The van der Waals surface area contributed by atoms with Gasteiger partial charge in [0.2, 0.25) is 0 Å². The number of hydrogen-bond acceptors (Lipinski definition) is 2. The minimum absolute atomic E-state index is 0.961. The van der Waals surface area contributed by atoms with Crippen LogP contribution in [0.5, 0.6) is 0 Å². The highest BCUT2D eigenvalue weighted by Crippen LogP contribution is 2.12. The molecule has 0 saturated carbocycles. The summed E-state index contributed by atoms with van der Waals surface area (Å²) in [6.45, 7) is 2.11. The average Bonchev–Trinajstić information content (AvgIpc) is 2.15. The van der Waals surface area contributed by atoms with E-state index in [0.29, 0.717) is 0 Å². The summed E-state index contributed by atoms with van der Waals surface area (Å²) < 4.78 is 1.15. The van der Waals surface area contributed by atoms with Gasteiger partial charge in [0.1, 0.15) is 0 Å². The van der Waals surface area contributed by atoms with Crippen molar-refractivity contribution >= 4 is 28.6 Å². The molecule has 0 fully saturated rings. The lowest BCUT2D eigenvalue weighted by Gasteiger charge is -2.15. The van der Waals surface area contributed by atoms with E-state index in [2.05, 4.69) is 64.8 Å². The third kappa shape index (κ3) is 4.49. The Morgan fingerprint density at radius 2 is 2.21 bits per heavy atom. The molecule has 1 rings (SSSR count). The molecule has 0 aromatic heterocycles. The third-order valence-electron chi connectivity index (χ3n) is 2.04. The Bertz CT molecular complexity index is 278. The van der Waals surface area contributed by atoms with E-state index in [4.69, 9.17) is 0 Å². The maximum Gasteiger partial charge on any atom is 0.0231 e. The summed E-state index contributed by atoms with van der Waals surface area (Å²) in [6, 6.07) is 8.45. The van der Waals surface area contributed by atoms with Crippen LogP contribution in [-0.4, -0.2) is 24.2 Å². The molecule has 1 aromatic rings. The molecule has 0 radical (unpaired) electrons. The molecule has 78 valence electrons. The molecule has 1 nitrogen and oxygen atoms in total. The molecule has 0 aliphatic heterocycles. The summed E-state index contributed by atoms with van der Waals surface area (Å²) >= 11 is 7.68. The van der Waals surface area contributed by atoms with Crippen LogP contribution in [0.25, 0.3) is 0 Å². The van der Waals surface area contributed by atoms with Crippen LogP contribution in [0.1, 0.15) is 12.0 Å². The summed E-state index contributed by atoms with van der Waals surface area (Å²) in [6.07, 6.45) is 1.15. The number of thiol groups is 1. The van der Waals surface area contributed by atoms with Crippen LogP contribution in [0.15, 0.2) is 28.7 Å². The van der Waals surface area contributed by atoms with Gasteiger partial charge in [-0.15, -0.1) is 0 Å². The highest BCUT2D eigenvalue weighted by atomic mass is 79.9. The Hall–Kier alpha value is 0.01000. The largest absolute Gasteiger partial charge is 0.302 e. The number of benzene rings is 1. The maximum atomic E-state index is 4.20. The molecule has 0 saturated heterocycles. The van der Waals surface area contributed by atoms with Crippen molar-refractivity contribution in [2.24, 2.45) is 0 Å². The quantitative estimate of drug-likeness (QED) is 0.807. The topological polar surface area (TPSA) is 3.24 Å². The second-order valence-corrected chi connectivity index (χ2v) is 4.81. The average molecular weight is 274 g/mol. The molecular weight excluding hydrogens is 258 g/mol. The molecule has 0 unspecified atom stereocenters. The monoisotopic (exact) mass is 273 g/mol. The first-order valence-electron chi connectivity index (χ1n) is 4.76. The van der Waals surface area contributed by atoms with Gasteiger partial charge in [-0.05, 0) is 43.5 Å². The molecule has 0 heterocycles. The van der Waals surface area contributed by atoms with Crippen molar-refractivity contribution in [2.45, 2.75) is 13.0 Å². The van der Waals surface area contributed by atoms with Gasteiger partial charge in [-0.1, -0.05) is 28.1 Å².